The van der Waals surface area contributed by atoms with Gasteiger partial charge in [-0.2, -0.15) is 0 Å². The topological polar surface area (TPSA) is 132 Å². The molecule has 232 valence electrons. The van der Waals surface area contributed by atoms with Crippen LogP contribution in [-0.2, 0) is 45.6 Å². The fraction of sp³-hybridized carbons (Fsp3) is 0.917. The second-order valence-corrected chi connectivity index (χ2v) is 15.8. The summed E-state index contributed by atoms with van der Waals surface area (Å²) in [6.45, 7) is 4.43. The Labute approximate surface area is 237 Å². The third kappa shape index (κ3) is 17.4. The quantitative estimate of drug-likeness (QED) is 0.0625. The molecule has 0 saturated heterocycles. The molecule has 15 heteroatoms. The zero-order chi connectivity index (χ0) is 29.6. The Balaban J connectivity index is 3.86. The first-order valence-corrected chi connectivity index (χ1v) is 17.3. The van der Waals surface area contributed by atoms with Gasteiger partial charge in [0.15, 0.2) is 0 Å². The van der Waals surface area contributed by atoms with Crippen molar-refractivity contribution in [3.8, 4) is 0 Å². The highest BCUT2D eigenvalue weighted by Gasteiger charge is 2.37. The number of nitrogens with one attached hydrogen (secondary N) is 2. The Morgan fingerprint density at radius 3 is 1.23 bits per heavy atom. The van der Waals surface area contributed by atoms with Gasteiger partial charge in [-0.15, -0.1) is 0 Å². The molecule has 0 saturated carbocycles. The van der Waals surface area contributed by atoms with Gasteiger partial charge in [0.05, 0.1) is 26.9 Å². The van der Waals surface area contributed by atoms with E-state index in [1.807, 2.05) is 14.1 Å². The summed E-state index contributed by atoms with van der Waals surface area (Å²) in [5.41, 5.74) is 0. The largest absolute Gasteiger partial charge is 0.500 e. The van der Waals surface area contributed by atoms with Crippen LogP contribution in [0.15, 0.2) is 0 Å². The summed E-state index contributed by atoms with van der Waals surface area (Å²) < 4.78 is 43.6. The molecule has 0 aliphatic rings. The molecule has 0 fully saturated rings. The smallest absolute Gasteiger partial charge is 0.460 e. The van der Waals surface area contributed by atoms with Crippen LogP contribution in [-0.4, -0.2) is 143 Å². The van der Waals surface area contributed by atoms with E-state index in [9.17, 15) is 9.59 Å². The fourth-order valence-corrected chi connectivity index (χ4v) is 7.12. The number of quaternary nitrogens is 1. The first-order chi connectivity index (χ1) is 18.6. The summed E-state index contributed by atoms with van der Waals surface area (Å²) in [7, 11) is 8.51. The molecule has 13 nitrogen and oxygen atoms in total. The van der Waals surface area contributed by atoms with Gasteiger partial charge in [-0.3, -0.25) is 9.59 Å². The fourth-order valence-electron chi connectivity index (χ4n) is 3.67. The number of rotatable bonds is 26. The number of hydrogen-bond acceptors (Lipinski definition) is 12. The first-order valence-electron chi connectivity index (χ1n) is 13.4. The summed E-state index contributed by atoms with van der Waals surface area (Å²) in [6.07, 6.45) is 2.25. The number of ether oxygens (including phenoxy) is 2. The molecule has 0 aliphatic carbocycles. The molecular formula is C24H54N3O10Si2+. The second kappa shape index (κ2) is 21.7. The van der Waals surface area contributed by atoms with Crippen LogP contribution in [0.4, 0.5) is 0 Å². The Morgan fingerprint density at radius 2 is 0.923 bits per heavy atom. The lowest BCUT2D eigenvalue weighted by molar-refractivity contribution is -0.890. The standard InChI is InChI=1S/C24H54N3O10Si2/c1-27(2,17-19-36-23(28)11-15-25-13-9-21-38(30-3,31-4)32-5)18-20-37-24(29)12-16-26-14-10-22-39(33-6,34-7)35-8/h25-26H,9-22H2,1-8H3/q+1. The lowest BCUT2D eigenvalue weighted by Crippen LogP contribution is -2.45. The summed E-state index contributed by atoms with van der Waals surface area (Å²) in [6, 6.07) is 1.41. The Hall–Kier alpha value is -0.986. The van der Waals surface area contributed by atoms with Gasteiger partial charge in [0.1, 0.15) is 26.3 Å². The van der Waals surface area contributed by atoms with Crippen LogP contribution < -0.4 is 10.6 Å². The van der Waals surface area contributed by atoms with Crippen LogP contribution in [0.25, 0.3) is 0 Å². The third-order valence-electron chi connectivity index (χ3n) is 6.47. The number of likely N-dealkylation sites (N-methyl/N-ethyl adjacent to an activating group) is 1. The highest BCUT2D eigenvalue weighted by molar-refractivity contribution is 6.60. The van der Waals surface area contributed by atoms with E-state index in [0.29, 0.717) is 68.8 Å². The Bertz CT molecular complexity index is 585. The van der Waals surface area contributed by atoms with E-state index in [1.54, 1.807) is 42.7 Å². The van der Waals surface area contributed by atoms with Crippen molar-refractivity contribution in [2.24, 2.45) is 0 Å². The van der Waals surface area contributed by atoms with Crippen LogP contribution in [0.2, 0.25) is 12.1 Å². The van der Waals surface area contributed by atoms with Crippen LogP contribution in [0, 0.1) is 0 Å². The van der Waals surface area contributed by atoms with E-state index in [4.69, 9.17) is 36.0 Å². The van der Waals surface area contributed by atoms with Gasteiger partial charge in [0, 0.05) is 67.8 Å². The Morgan fingerprint density at radius 1 is 0.590 bits per heavy atom. The van der Waals surface area contributed by atoms with Crippen LogP contribution in [0.5, 0.6) is 0 Å². The van der Waals surface area contributed by atoms with E-state index in [0.717, 1.165) is 25.9 Å². The number of esters is 2. The molecule has 0 aromatic heterocycles. The zero-order valence-corrected chi connectivity index (χ0v) is 27.4. The van der Waals surface area contributed by atoms with Crippen molar-refractivity contribution in [3.63, 3.8) is 0 Å². The molecule has 2 N–H and O–H groups in total. The molecule has 0 amide bonds. The van der Waals surface area contributed by atoms with Crippen molar-refractivity contribution >= 4 is 29.5 Å². The molecule has 0 unspecified atom stereocenters. The van der Waals surface area contributed by atoms with Crippen LogP contribution in [0.1, 0.15) is 25.7 Å². The monoisotopic (exact) mass is 600 g/mol. The van der Waals surface area contributed by atoms with Crippen LogP contribution in [0.3, 0.4) is 0 Å². The maximum atomic E-state index is 12.0. The van der Waals surface area contributed by atoms with Crippen molar-refractivity contribution in [1.82, 2.24) is 10.6 Å². The maximum absolute atomic E-state index is 12.0. The van der Waals surface area contributed by atoms with Crippen molar-refractivity contribution in [2.75, 3.05) is 109 Å². The normalized spacial score (nSPS) is 12.5. The van der Waals surface area contributed by atoms with E-state index in [-0.39, 0.29) is 11.9 Å². The maximum Gasteiger partial charge on any atom is 0.500 e. The number of hydrogen-bond donors (Lipinski definition) is 2. The number of carbonyl (C=O) groups is 2. The lowest BCUT2D eigenvalue weighted by atomic mass is 10.4. The Kier molecular flexibility index (Phi) is 21.2. The van der Waals surface area contributed by atoms with Crippen LogP contribution >= 0.6 is 0 Å². The van der Waals surface area contributed by atoms with E-state index in [1.165, 1.54) is 0 Å². The SMILES string of the molecule is CO[Si](CCCNCCC(=O)OCC[N+](C)(C)CCOC(=O)CCNCCC[Si](OC)(OC)OC)(OC)OC. The molecule has 0 aromatic carbocycles. The number of carbonyl (C=O) groups excluding carboxylic acids is 2. The van der Waals surface area contributed by atoms with E-state index < -0.39 is 17.6 Å². The molecule has 0 heterocycles. The summed E-state index contributed by atoms with van der Waals surface area (Å²) >= 11 is 0. The van der Waals surface area contributed by atoms with Gasteiger partial charge in [-0.05, 0) is 25.9 Å². The molecular weight excluding hydrogens is 546 g/mol. The third-order valence-corrected chi connectivity index (χ3v) is 12.1. The first kappa shape index (κ1) is 38.0. The molecule has 0 aliphatic heterocycles. The molecule has 0 radical (unpaired) electrons. The molecule has 0 rings (SSSR count). The molecule has 0 atom stereocenters. The highest BCUT2D eigenvalue weighted by atomic mass is 28.4. The molecule has 0 aromatic rings. The van der Waals surface area contributed by atoms with Gasteiger partial charge < -0.3 is 51.1 Å². The van der Waals surface area contributed by atoms with Gasteiger partial charge in [-0.25, -0.2) is 0 Å². The molecule has 0 bridgehead atoms. The number of nitrogens with zero attached hydrogens (tertiary/aromatic N) is 1. The van der Waals surface area contributed by atoms with Gasteiger partial charge >= 0.3 is 29.5 Å². The summed E-state index contributed by atoms with van der Waals surface area (Å²) in [5, 5.41) is 6.46. The lowest BCUT2D eigenvalue weighted by Gasteiger charge is -2.29. The van der Waals surface area contributed by atoms with E-state index >= 15 is 0 Å². The minimum Gasteiger partial charge on any atom is -0.460 e. The van der Waals surface area contributed by atoms with Crippen molar-refractivity contribution in [3.05, 3.63) is 0 Å². The minimum absolute atomic E-state index is 0.240. The summed E-state index contributed by atoms with van der Waals surface area (Å²) in [4.78, 5) is 24.0. The average Bonchev–Trinajstić information content (AvgIpc) is 2.93. The average molecular weight is 601 g/mol. The van der Waals surface area contributed by atoms with Crippen molar-refractivity contribution in [2.45, 2.75) is 37.8 Å². The van der Waals surface area contributed by atoms with Gasteiger partial charge in [-0.1, -0.05) is 0 Å². The van der Waals surface area contributed by atoms with Gasteiger partial charge in [0.2, 0.25) is 0 Å². The van der Waals surface area contributed by atoms with Crippen molar-refractivity contribution < 1.29 is 50.1 Å². The molecule has 39 heavy (non-hydrogen) atoms. The predicted octanol–water partition coefficient (Wildman–Crippen LogP) is 0.645. The highest BCUT2D eigenvalue weighted by Crippen LogP contribution is 2.15. The van der Waals surface area contributed by atoms with Gasteiger partial charge in [0.25, 0.3) is 0 Å². The predicted molar refractivity (Wildman–Crippen MR) is 151 cm³/mol. The zero-order valence-electron chi connectivity index (χ0n) is 25.4. The summed E-state index contributed by atoms with van der Waals surface area (Å²) in [5.74, 6) is -0.481. The second-order valence-electron chi connectivity index (χ2n) is 9.62. The van der Waals surface area contributed by atoms with E-state index in [2.05, 4.69) is 10.6 Å². The van der Waals surface area contributed by atoms with Crippen molar-refractivity contribution in [1.29, 1.82) is 0 Å². The minimum atomic E-state index is -2.54. The molecule has 0 spiro atoms.